The number of piperidine rings is 1. The number of halogens is 4. The van der Waals surface area contributed by atoms with Crippen LogP contribution in [0.15, 0.2) is 36.5 Å². The molecular formula is C21H21ClF3N3OS2. The van der Waals surface area contributed by atoms with Gasteiger partial charge in [-0.05, 0) is 36.6 Å². The molecule has 2 saturated heterocycles. The van der Waals surface area contributed by atoms with Crippen molar-refractivity contribution in [2.24, 2.45) is 5.92 Å². The molecule has 3 heterocycles. The number of rotatable bonds is 4. The molecule has 10 heteroatoms. The van der Waals surface area contributed by atoms with Crippen LogP contribution in [0.2, 0.25) is 5.02 Å². The number of carbonyl (C=O) groups is 1. The summed E-state index contributed by atoms with van der Waals surface area (Å²) in [4.78, 5) is 18.5. The first-order valence-electron chi connectivity index (χ1n) is 9.93. The SMILES string of the molecule is O=C(Nc1cccc(C2SCCS2)c1)C1CCN(c2ncc(C(F)(F)F)cc2Cl)CC1. The van der Waals surface area contributed by atoms with E-state index in [-0.39, 0.29) is 16.8 Å². The van der Waals surface area contributed by atoms with Crippen molar-refractivity contribution in [2.75, 3.05) is 34.8 Å². The highest BCUT2D eigenvalue weighted by atomic mass is 35.5. The molecule has 0 radical (unpaired) electrons. The molecule has 4 nitrogen and oxygen atoms in total. The lowest BCUT2D eigenvalue weighted by molar-refractivity contribution is -0.137. The van der Waals surface area contributed by atoms with Crippen molar-refractivity contribution in [1.29, 1.82) is 0 Å². The summed E-state index contributed by atoms with van der Waals surface area (Å²) >= 11 is 9.89. The molecule has 2 aliphatic rings. The highest BCUT2D eigenvalue weighted by Gasteiger charge is 2.33. The lowest BCUT2D eigenvalue weighted by Gasteiger charge is -2.32. The molecule has 1 amide bonds. The summed E-state index contributed by atoms with van der Waals surface area (Å²) in [6, 6.07) is 8.88. The van der Waals surface area contributed by atoms with Crippen molar-refractivity contribution in [3.63, 3.8) is 0 Å². The van der Waals surface area contributed by atoms with Gasteiger partial charge < -0.3 is 10.2 Å². The molecule has 0 spiro atoms. The summed E-state index contributed by atoms with van der Waals surface area (Å²) < 4.78 is 38.9. The Kier molecular flexibility index (Phi) is 6.93. The number of hydrogen-bond acceptors (Lipinski definition) is 5. The second-order valence-corrected chi connectivity index (χ2v) is 10.6. The monoisotopic (exact) mass is 487 g/mol. The molecule has 4 rings (SSSR count). The maximum atomic E-state index is 12.8. The van der Waals surface area contributed by atoms with Crippen LogP contribution in [0.5, 0.6) is 0 Å². The third-order valence-corrected chi connectivity index (χ3v) is 8.75. The van der Waals surface area contributed by atoms with E-state index in [0.717, 1.165) is 29.5 Å². The van der Waals surface area contributed by atoms with Gasteiger partial charge in [0.25, 0.3) is 0 Å². The van der Waals surface area contributed by atoms with Crippen LogP contribution in [0.1, 0.15) is 28.6 Å². The number of amides is 1. The van der Waals surface area contributed by atoms with Gasteiger partial charge in [-0.15, -0.1) is 23.5 Å². The maximum absolute atomic E-state index is 12.8. The molecule has 0 unspecified atom stereocenters. The number of nitrogens with one attached hydrogen (secondary N) is 1. The molecule has 2 aliphatic heterocycles. The van der Waals surface area contributed by atoms with E-state index >= 15 is 0 Å². The van der Waals surface area contributed by atoms with E-state index in [1.807, 2.05) is 46.6 Å². The Bertz CT molecular complexity index is 946. The number of aromatic nitrogens is 1. The number of alkyl halides is 3. The van der Waals surface area contributed by atoms with E-state index in [2.05, 4.69) is 16.4 Å². The normalized spacial score (nSPS) is 18.4. The van der Waals surface area contributed by atoms with E-state index in [0.29, 0.717) is 36.3 Å². The van der Waals surface area contributed by atoms with Gasteiger partial charge in [0.2, 0.25) is 5.91 Å². The van der Waals surface area contributed by atoms with Crippen molar-refractivity contribution < 1.29 is 18.0 Å². The van der Waals surface area contributed by atoms with E-state index < -0.39 is 11.7 Å². The summed E-state index contributed by atoms with van der Waals surface area (Å²) in [7, 11) is 0. The number of nitrogens with zero attached hydrogens (tertiary/aromatic N) is 2. The molecule has 0 bridgehead atoms. The van der Waals surface area contributed by atoms with Crippen LogP contribution < -0.4 is 10.2 Å². The third-order valence-electron chi connectivity index (χ3n) is 5.36. The summed E-state index contributed by atoms with van der Waals surface area (Å²) in [6.45, 7) is 1.01. The molecule has 2 aromatic rings. The highest BCUT2D eigenvalue weighted by molar-refractivity contribution is 8.19. The minimum absolute atomic E-state index is 0.0304. The molecule has 1 aromatic heterocycles. The number of benzene rings is 1. The maximum Gasteiger partial charge on any atom is 0.417 e. The van der Waals surface area contributed by atoms with Crippen molar-refractivity contribution in [2.45, 2.75) is 23.6 Å². The average Bonchev–Trinajstić information content (AvgIpc) is 3.28. The Morgan fingerprint density at radius 2 is 1.87 bits per heavy atom. The van der Waals surface area contributed by atoms with E-state index in [1.165, 1.54) is 5.56 Å². The fourth-order valence-electron chi connectivity index (χ4n) is 3.73. The topological polar surface area (TPSA) is 45.2 Å². The quantitative estimate of drug-likeness (QED) is 0.565. The largest absolute Gasteiger partial charge is 0.417 e. The summed E-state index contributed by atoms with van der Waals surface area (Å²) in [5.74, 6) is 2.41. The van der Waals surface area contributed by atoms with Crippen molar-refractivity contribution in [3.8, 4) is 0 Å². The molecular weight excluding hydrogens is 467 g/mol. The lowest BCUT2D eigenvalue weighted by atomic mass is 9.95. The van der Waals surface area contributed by atoms with Gasteiger partial charge in [-0.3, -0.25) is 4.79 Å². The molecule has 1 aromatic carbocycles. The van der Waals surface area contributed by atoms with Crippen LogP contribution in [-0.4, -0.2) is 35.5 Å². The second kappa shape index (κ2) is 9.50. The van der Waals surface area contributed by atoms with Gasteiger partial charge in [0, 0.05) is 42.4 Å². The first kappa shape index (κ1) is 22.6. The predicted octanol–water partition coefficient (Wildman–Crippen LogP) is 6.09. The van der Waals surface area contributed by atoms with Gasteiger partial charge in [0.15, 0.2) is 0 Å². The molecule has 2 fully saturated rings. The average molecular weight is 488 g/mol. The van der Waals surface area contributed by atoms with Crippen molar-refractivity contribution >= 4 is 52.5 Å². The summed E-state index contributed by atoms with van der Waals surface area (Å²) in [6.07, 6.45) is -2.52. The van der Waals surface area contributed by atoms with Crippen LogP contribution in [0.4, 0.5) is 24.7 Å². The molecule has 166 valence electrons. The Balaban J connectivity index is 1.35. The van der Waals surface area contributed by atoms with Crippen molar-refractivity contribution in [1.82, 2.24) is 4.98 Å². The van der Waals surface area contributed by atoms with Crippen LogP contribution >= 0.6 is 35.1 Å². The second-order valence-electron chi connectivity index (χ2n) is 7.48. The minimum Gasteiger partial charge on any atom is -0.355 e. The number of hydrogen-bond donors (Lipinski definition) is 1. The first-order chi connectivity index (χ1) is 14.8. The van der Waals surface area contributed by atoms with Crippen LogP contribution in [0, 0.1) is 5.92 Å². The zero-order valence-electron chi connectivity index (χ0n) is 16.5. The van der Waals surface area contributed by atoms with Crippen LogP contribution in [-0.2, 0) is 11.0 Å². The third kappa shape index (κ3) is 5.43. The summed E-state index contributed by atoms with van der Waals surface area (Å²) in [5.41, 5.74) is 1.14. The number of anilines is 2. The van der Waals surface area contributed by atoms with Gasteiger partial charge >= 0.3 is 6.18 Å². The zero-order chi connectivity index (χ0) is 22.0. The highest BCUT2D eigenvalue weighted by Crippen LogP contribution is 2.45. The molecule has 0 aliphatic carbocycles. The van der Waals surface area contributed by atoms with E-state index in [1.54, 1.807) is 0 Å². The van der Waals surface area contributed by atoms with Gasteiger partial charge in [0.05, 0.1) is 15.2 Å². The lowest BCUT2D eigenvalue weighted by Crippen LogP contribution is -2.38. The standard InChI is InChI=1S/C21H21ClF3N3OS2/c22-17-11-15(21(23,24)25)12-26-18(17)28-6-4-13(5-7-28)19(29)27-16-3-1-2-14(10-16)20-30-8-9-31-20/h1-3,10-13,20H,4-9H2,(H,27,29). The molecule has 0 atom stereocenters. The van der Waals surface area contributed by atoms with Crippen LogP contribution in [0.3, 0.4) is 0 Å². The number of thioether (sulfide) groups is 2. The number of carbonyl (C=O) groups excluding carboxylic acids is 1. The Morgan fingerprint density at radius 1 is 1.16 bits per heavy atom. The van der Waals surface area contributed by atoms with Gasteiger partial charge in [-0.1, -0.05) is 23.7 Å². The Hall–Kier alpha value is -1.58. The summed E-state index contributed by atoms with van der Waals surface area (Å²) in [5, 5.41) is 2.99. The van der Waals surface area contributed by atoms with Gasteiger partial charge in [0.1, 0.15) is 5.82 Å². The molecule has 31 heavy (non-hydrogen) atoms. The Morgan fingerprint density at radius 3 is 2.52 bits per heavy atom. The molecule has 0 saturated carbocycles. The van der Waals surface area contributed by atoms with Crippen molar-refractivity contribution in [3.05, 3.63) is 52.7 Å². The van der Waals surface area contributed by atoms with E-state index in [9.17, 15) is 18.0 Å². The Labute approximate surface area is 192 Å². The fourth-order valence-corrected chi connectivity index (χ4v) is 6.85. The van der Waals surface area contributed by atoms with Crippen LogP contribution in [0.25, 0.3) is 0 Å². The smallest absolute Gasteiger partial charge is 0.355 e. The predicted molar refractivity (Wildman–Crippen MR) is 122 cm³/mol. The zero-order valence-corrected chi connectivity index (χ0v) is 18.9. The minimum atomic E-state index is -4.48. The van der Waals surface area contributed by atoms with Gasteiger partial charge in [-0.25, -0.2) is 4.98 Å². The van der Waals surface area contributed by atoms with Gasteiger partial charge in [-0.2, -0.15) is 13.2 Å². The number of pyridine rings is 1. The van der Waals surface area contributed by atoms with E-state index in [4.69, 9.17) is 11.6 Å². The fraction of sp³-hybridized carbons (Fsp3) is 0.429. The first-order valence-corrected chi connectivity index (χ1v) is 12.4. The molecule has 1 N–H and O–H groups in total.